The second-order valence-electron chi connectivity index (χ2n) is 8.18. The summed E-state index contributed by atoms with van der Waals surface area (Å²) in [7, 11) is 3.36. The van der Waals surface area contributed by atoms with Crippen molar-refractivity contribution in [2.45, 2.75) is 45.2 Å². The highest BCUT2D eigenvalue weighted by Gasteiger charge is 2.24. The highest BCUT2D eigenvalue weighted by atomic mass is 16.5. The molecule has 2 aliphatic heterocycles. The quantitative estimate of drug-likeness (QED) is 0.334. The number of guanidine groups is 1. The molecule has 0 bridgehead atoms. The molecule has 1 amide bonds. The normalized spacial score (nSPS) is 19.7. The number of benzene rings is 1. The summed E-state index contributed by atoms with van der Waals surface area (Å²) in [4.78, 5) is 20.8. The standard InChI is InChI=1S/C23H37N5O3/c1-4-24-23(25-9-6-11-28-10-5-7-22(28)29)26-19-8-12-27(17-19)16-18-13-20(30-2)15-21(14-18)31-3/h13-15,19H,4-12,16-17H2,1-3H3,(H2,24,25,26). The van der Waals surface area contributed by atoms with Crippen molar-refractivity contribution in [3.05, 3.63) is 23.8 Å². The first-order chi connectivity index (χ1) is 15.1. The average molecular weight is 432 g/mol. The van der Waals surface area contributed by atoms with Crippen LogP contribution in [0.25, 0.3) is 0 Å². The zero-order chi connectivity index (χ0) is 22.1. The molecule has 8 nitrogen and oxygen atoms in total. The van der Waals surface area contributed by atoms with Gasteiger partial charge in [-0.05, 0) is 43.9 Å². The van der Waals surface area contributed by atoms with E-state index in [2.05, 4.69) is 34.6 Å². The molecule has 0 radical (unpaired) electrons. The van der Waals surface area contributed by atoms with Gasteiger partial charge in [0, 0.05) is 64.3 Å². The van der Waals surface area contributed by atoms with Crippen LogP contribution in [0.3, 0.4) is 0 Å². The molecule has 2 fully saturated rings. The number of nitrogens with one attached hydrogen (secondary N) is 2. The number of amides is 1. The van der Waals surface area contributed by atoms with Crippen molar-refractivity contribution < 1.29 is 14.3 Å². The molecule has 172 valence electrons. The van der Waals surface area contributed by atoms with Crippen molar-refractivity contribution in [2.75, 3.05) is 53.5 Å². The number of aliphatic imine (C=N–C) groups is 1. The Morgan fingerprint density at radius 3 is 2.61 bits per heavy atom. The molecule has 1 atom stereocenters. The minimum absolute atomic E-state index is 0.286. The lowest BCUT2D eigenvalue weighted by molar-refractivity contribution is -0.127. The van der Waals surface area contributed by atoms with Gasteiger partial charge in [0.25, 0.3) is 0 Å². The Bertz CT molecular complexity index is 732. The molecule has 8 heteroatoms. The number of methoxy groups -OCH3 is 2. The van der Waals surface area contributed by atoms with Gasteiger partial charge >= 0.3 is 0 Å². The number of hydrogen-bond acceptors (Lipinski definition) is 5. The number of carbonyl (C=O) groups is 1. The maximum absolute atomic E-state index is 11.7. The van der Waals surface area contributed by atoms with Crippen LogP contribution in [-0.2, 0) is 11.3 Å². The van der Waals surface area contributed by atoms with Crippen LogP contribution in [-0.4, -0.2) is 81.2 Å². The smallest absolute Gasteiger partial charge is 0.222 e. The third-order valence-electron chi connectivity index (χ3n) is 5.80. The molecular weight excluding hydrogens is 394 g/mol. The minimum atomic E-state index is 0.286. The van der Waals surface area contributed by atoms with Crippen molar-refractivity contribution in [1.82, 2.24) is 20.4 Å². The molecule has 0 aliphatic carbocycles. The van der Waals surface area contributed by atoms with Crippen LogP contribution in [0.2, 0.25) is 0 Å². The molecular formula is C23H37N5O3. The van der Waals surface area contributed by atoms with Gasteiger partial charge in [0.05, 0.1) is 14.2 Å². The highest BCUT2D eigenvalue weighted by Crippen LogP contribution is 2.24. The Labute approximate surface area is 186 Å². The van der Waals surface area contributed by atoms with Crippen LogP contribution in [0.4, 0.5) is 0 Å². The molecule has 2 saturated heterocycles. The Balaban J connectivity index is 1.47. The number of carbonyl (C=O) groups excluding carboxylic acids is 1. The van der Waals surface area contributed by atoms with Gasteiger partial charge in [-0.2, -0.15) is 0 Å². The Morgan fingerprint density at radius 2 is 1.97 bits per heavy atom. The molecule has 2 heterocycles. The van der Waals surface area contributed by atoms with Gasteiger partial charge in [0.2, 0.25) is 5.91 Å². The number of hydrogen-bond donors (Lipinski definition) is 2. The highest BCUT2D eigenvalue weighted by molar-refractivity contribution is 5.80. The van der Waals surface area contributed by atoms with Crippen molar-refractivity contribution in [2.24, 2.45) is 4.99 Å². The fourth-order valence-electron chi connectivity index (χ4n) is 4.22. The summed E-state index contributed by atoms with van der Waals surface area (Å²) in [5.41, 5.74) is 1.19. The van der Waals surface area contributed by atoms with Gasteiger partial charge in [-0.25, -0.2) is 0 Å². The van der Waals surface area contributed by atoms with E-state index in [9.17, 15) is 4.79 Å². The van der Waals surface area contributed by atoms with Crippen LogP contribution in [0.1, 0.15) is 38.2 Å². The summed E-state index contributed by atoms with van der Waals surface area (Å²) in [5.74, 6) is 2.79. The molecule has 2 aliphatic rings. The van der Waals surface area contributed by atoms with Gasteiger partial charge in [0.15, 0.2) is 5.96 Å². The lowest BCUT2D eigenvalue weighted by Gasteiger charge is -2.20. The molecule has 1 unspecified atom stereocenters. The first kappa shape index (κ1) is 23.2. The van der Waals surface area contributed by atoms with Crippen LogP contribution < -0.4 is 20.1 Å². The first-order valence-corrected chi connectivity index (χ1v) is 11.4. The maximum Gasteiger partial charge on any atom is 0.222 e. The van der Waals surface area contributed by atoms with E-state index in [0.717, 1.165) is 82.5 Å². The largest absolute Gasteiger partial charge is 0.497 e. The van der Waals surface area contributed by atoms with E-state index in [-0.39, 0.29) is 5.91 Å². The van der Waals surface area contributed by atoms with E-state index in [1.54, 1.807) is 14.2 Å². The third-order valence-corrected chi connectivity index (χ3v) is 5.80. The van der Waals surface area contributed by atoms with Gasteiger partial charge in [-0.15, -0.1) is 0 Å². The van der Waals surface area contributed by atoms with E-state index < -0.39 is 0 Å². The summed E-state index contributed by atoms with van der Waals surface area (Å²) in [6, 6.07) is 6.40. The van der Waals surface area contributed by atoms with Crippen molar-refractivity contribution >= 4 is 11.9 Å². The Morgan fingerprint density at radius 1 is 1.19 bits per heavy atom. The monoisotopic (exact) mass is 431 g/mol. The molecule has 31 heavy (non-hydrogen) atoms. The lowest BCUT2D eigenvalue weighted by Crippen LogP contribution is -2.44. The SMILES string of the molecule is CCNC(=NCCCN1CCCC1=O)NC1CCN(Cc2cc(OC)cc(OC)c2)C1. The zero-order valence-corrected chi connectivity index (χ0v) is 19.2. The number of rotatable bonds is 10. The predicted octanol–water partition coefficient (Wildman–Crippen LogP) is 1.85. The van der Waals surface area contributed by atoms with Gasteiger partial charge in [-0.1, -0.05) is 0 Å². The van der Waals surface area contributed by atoms with Gasteiger partial charge in [0.1, 0.15) is 11.5 Å². The zero-order valence-electron chi connectivity index (χ0n) is 19.2. The van der Waals surface area contributed by atoms with Gasteiger partial charge < -0.3 is 25.0 Å². The predicted molar refractivity (Wildman–Crippen MR) is 123 cm³/mol. The van der Waals surface area contributed by atoms with Crippen molar-refractivity contribution in [3.8, 4) is 11.5 Å². The summed E-state index contributed by atoms with van der Waals surface area (Å²) in [6.45, 7) is 8.21. The molecule has 1 aromatic rings. The van der Waals surface area contributed by atoms with E-state index in [1.165, 1.54) is 5.56 Å². The van der Waals surface area contributed by atoms with Crippen LogP contribution in [0.15, 0.2) is 23.2 Å². The number of likely N-dealkylation sites (tertiary alicyclic amines) is 2. The minimum Gasteiger partial charge on any atom is -0.497 e. The van der Waals surface area contributed by atoms with Crippen LogP contribution >= 0.6 is 0 Å². The second kappa shape index (κ2) is 11.8. The Kier molecular flexibility index (Phi) is 8.82. The van der Waals surface area contributed by atoms with E-state index in [4.69, 9.17) is 14.5 Å². The van der Waals surface area contributed by atoms with Crippen molar-refractivity contribution in [3.63, 3.8) is 0 Å². The summed E-state index contributed by atoms with van der Waals surface area (Å²) in [6.07, 6.45) is 3.67. The summed E-state index contributed by atoms with van der Waals surface area (Å²) in [5, 5.41) is 6.93. The Hall–Kier alpha value is -2.48. The summed E-state index contributed by atoms with van der Waals surface area (Å²) < 4.78 is 10.8. The lowest BCUT2D eigenvalue weighted by atomic mass is 10.2. The topological polar surface area (TPSA) is 78.4 Å². The molecule has 0 aromatic heterocycles. The van der Waals surface area contributed by atoms with Crippen molar-refractivity contribution in [1.29, 1.82) is 0 Å². The van der Waals surface area contributed by atoms with E-state index in [0.29, 0.717) is 12.5 Å². The fraction of sp³-hybridized carbons (Fsp3) is 0.652. The number of ether oxygens (including phenoxy) is 2. The van der Waals surface area contributed by atoms with Gasteiger partial charge in [-0.3, -0.25) is 14.7 Å². The third kappa shape index (κ3) is 7.02. The molecule has 0 saturated carbocycles. The maximum atomic E-state index is 11.7. The van der Waals surface area contributed by atoms with Crippen LogP contribution in [0, 0.1) is 0 Å². The molecule has 3 rings (SSSR count). The van der Waals surface area contributed by atoms with E-state index in [1.807, 2.05) is 11.0 Å². The van der Waals surface area contributed by atoms with E-state index >= 15 is 0 Å². The second-order valence-corrected chi connectivity index (χ2v) is 8.18. The number of nitrogens with zero attached hydrogens (tertiary/aromatic N) is 3. The molecule has 1 aromatic carbocycles. The molecule has 2 N–H and O–H groups in total. The molecule has 0 spiro atoms. The average Bonchev–Trinajstić information content (AvgIpc) is 3.39. The fourth-order valence-corrected chi connectivity index (χ4v) is 4.22. The first-order valence-electron chi connectivity index (χ1n) is 11.4. The van der Waals surface area contributed by atoms with Crippen LogP contribution in [0.5, 0.6) is 11.5 Å². The summed E-state index contributed by atoms with van der Waals surface area (Å²) >= 11 is 0.